The van der Waals surface area contributed by atoms with Crippen molar-refractivity contribution in [1.29, 1.82) is 0 Å². The monoisotopic (exact) mass is 439 g/mol. The van der Waals surface area contributed by atoms with Gasteiger partial charge in [-0.05, 0) is 42.7 Å². The number of aliphatic hydroxyl groups excluding tert-OH is 1. The lowest BCUT2D eigenvalue weighted by Crippen LogP contribution is -2.74. The number of carbonyl (C=O) groups is 2. The molecule has 2 unspecified atom stereocenters. The summed E-state index contributed by atoms with van der Waals surface area (Å²) in [5.41, 5.74) is 1.68. The van der Waals surface area contributed by atoms with Gasteiger partial charge in [0.05, 0.1) is 12.6 Å². The highest BCUT2D eigenvalue weighted by Gasteiger charge is 2.54. The van der Waals surface area contributed by atoms with Crippen molar-refractivity contribution >= 4 is 11.8 Å². The molecule has 2 fully saturated rings. The van der Waals surface area contributed by atoms with E-state index in [0.29, 0.717) is 18.8 Å². The molecule has 1 aromatic carbocycles. The Morgan fingerprint density at radius 1 is 1.12 bits per heavy atom. The van der Waals surface area contributed by atoms with Gasteiger partial charge in [0.2, 0.25) is 11.8 Å². The lowest BCUT2D eigenvalue weighted by atomic mass is 9.80. The second kappa shape index (κ2) is 10.1. The number of likely N-dealkylation sites (tertiary alicyclic amines) is 1. The predicted molar refractivity (Wildman–Crippen MR) is 126 cm³/mol. The Bertz CT molecular complexity index is 874. The van der Waals surface area contributed by atoms with Crippen LogP contribution in [0.25, 0.3) is 0 Å². The minimum Gasteiger partial charge on any atom is -0.390 e. The van der Waals surface area contributed by atoms with E-state index in [1.807, 2.05) is 13.8 Å². The van der Waals surface area contributed by atoms with Gasteiger partial charge in [-0.2, -0.15) is 0 Å². The second-order valence-corrected chi connectivity index (χ2v) is 9.74. The number of hydrogen-bond donors (Lipinski definition) is 2. The van der Waals surface area contributed by atoms with Crippen molar-refractivity contribution in [2.24, 2.45) is 5.92 Å². The molecule has 2 N–H and O–H groups in total. The molecule has 174 valence electrons. The number of aliphatic hydroxyl groups is 1. The fourth-order valence-corrected chi connectivity index (χ4v) is 4.69. The Morgan fingerprint density at radius 3 is 2.28 bits per heavy atom. The molecule has 0 aliphatic carbocycles. The van der Waals surface area contributed by atoms with Gasteiger partial charge in [-0.3, -0.25) is 14.5 Å². The minimum absolute atomic E-state index is 0.138. The predicted octanol–water partition coefficient (Wildman–Crippen LogP) is 2.51. The van der Waals surface area contributed by atoms with Crippen LogP contribution < -0.4 is 5.32 Å². The van der Waals surface area contributed by atoms with Gasteiger partial charge in [0.15, 0.2) is 0 Å². The zero-order valence-corrected chi connectivity index (χ0v) is 20.0. The van der Waals surface area contributed by atoms with Crippen LogP contribution in [0.15, 0.2) is 24.3 Å². The summed E-state index contributed by atoms with van der Waals surface area (Å²) in [6.45, 7) is 12.3. The third kappa shape index (κ3) is 4.84. The van der Waals surface area contributed by atoms with Crippen molar-refractivity contribution in [2.45, 2.75) is 77.6 Å². The summed E-state index contributed by atoms with van der Waals surface area (Å²) in [6.07, 6.45) is 0.199. The van der Waals surface area contributed by atoms with E-state index in [1.165, 1.54) is 11.1 Å². The first-order chi connectivity index (χ1) is 15.2. The normalized spacial score (nSPS) is 22.1. The van der Waals surface area contributed by atoms with Crippen LogP contribution in [0.4, 0.5) is 0 Å². The van der Waals surface area contributed by atoms with Crippen molar-refractivity contribution in [3.63, 3.8) is 0 Å². The number of carbonyl (C=O) groups excluding carboxylic acids is 2. The van der Waals surface area contributed by atoms with E-state index in [1.54, 1.807) is 11.8 Å². The van der Waals surface area contributed by atoms with Crippen molar-refractivity contribution in [3.8, 4) is 11.8 Å². The first kappa shape index (κ1) is 24.3. The Morgan fingerprint density at radius 2 is 1.75 bits per heavy atom. The lowest BCUT2D eigenvalue weighted by Gasteiger charge is -2.51. The average Bonchev–Trinajstić information content (AvgIpc) is 2.77. The molecule has 2 amide bonds. The van der Waals surface area contributed by atoms with Gasteiger partial charge in [-0.15, -0.1) is 5.92 Å². The molecule has 2 aliphatic heterocycles. The van der Waals surface area contributed by atoms with Crippen LogP contribution in [-0.2, 0) is 16.1 Å². The van der Waals surface area contributed by atoms with Crippen molar-refractivity contribution in [1.82, 2.24) is 15.1 Å². The molecule has 0 aromatic heterocycles. The van der Waals surface area contributed by atoms with Crippen LogP contribution in [-0.4, -0.2) is 64.0 Å². The zero-order chi connectivity index (χ0) is 23.5. The highest BCUT2D eigenvalue weighted by molar-refractivity contribution is 6.00. The lowest BCUT2D eigenvalue weighted by molar-refractivity contribution is -0.164. The topological polar surface area (TPSA) is 72.9 Å². The molecule has 32 heavy (non-hydrogen) atoms. The first-order valence-electron chi connectivity index (χ1n) is 11.7. The minimum atomic E-state index is -0.921. The number of hydrogen-bond acceptors (Lipinski definition) is 4. The fraction of sp³-hybridized carbons (Fsp3) is 0.615. The molecule has 3 rings (SSSR count). The van der Waals surface area contributed by atoms with Gasteiger partial charge < -0.3 is 15.3 Å². The molecule has 2 atom stereocenters. The van der Waals surface area contributed by atoms with Crippen LogP contribution in [0.1, 0.15) is 64.5 Å². The van der Waals surface area contributed by atoms with Gasteiger partial charge in [0.1, 0.15) is 11.6 Å². The number of piperazine rings is 1. The molecule has 2 saturated heterocycles. The third-order valence-electron chi connectivity index (χ3n) is 6.93. The highest BCUT2D eigenvalue weighted by atomic mass is 16.3. The summed E-state index contributed by atoms with van der Waals surface area (Å²) in [4.78, 5) is 30.6. The maximum atomic E-state index is 13.3. The Hall–Kier alpha value is -2.36. The van der Waals surface area contributed by atoms with Gasteiger partial charge in [0, 0.05) is 19.6 Å². The molecule has 0 bridgehead atoms. The third-order valence-corrected chi connectivity index (χ3v) is 6.93. The quantitative estimate of drug-likeness (QED) is 0.668. The molecule has 1 spiro atoms. The standard InChI is InChI=1S/C26H37N3O3/c1-6-7-14-29-24(31)22(23(30)19(4)5)27-25(32)26(29)12-15-28(16-13-26)17-20-8-10-21(11-9-20)18(2)3/h8-11,18-19,22-23,30H,12-17H2,1-5H3,(H,27,32). The zero-order valence-electron chi connectivity index (χ0n) is 20.0. The maximum absolute atomic E-state index is 13.3. The van der Waals surface area contributed by atoms with Crippen molar-refractivity contribution in [2.75, 3.05) is 19.6 Å². The number of rotatable bonds is 6. The number of amides is 2. The van der Waals surface area contributed by atoms with Crippen LogP contribution >= 0.6 is 0 Å². The van der Waals surface area contributed by atoms with Crippen LogP contribution in [0, 0.1) is 17.8 Å². The number of nitrogens with one attached hydrogen (secondary N) is 1. The van der Waals surface area contributed by atoms with E-state index in [9.17, 15) is 14.7 Å². The molecule has 1 aromatic rings. The maximum Gasteiger partial charge on any atom is 0.249 e. The molecule has 0 saturated carbocycles. The molecule has 0 radical (unpaired) electrons. The van der Waals surface area contributed by atoms with Crippen LogP contribution in [0.3, 0.4) is 0 Å². The van der Waals surface area contributed by atoms with Gasteiger partial charge in [0.25, 0.3) is 0 Å². The van der Waals surface area contributed by atoms with Crippen molar-refractivity contribution < 1.29 is 14.7 Å². The molecule has 6 heteroatoms. The van der Waals surface area contributed by atoms with Gasteiger partial charge >= 0.3 is 0 Å². The van der Waals surface area contributed by atoms with E-state index in [4.69, 9.17) is 0 Å². The Balaban J connectivity index is 1.74. The van der Waals surface area contributed by atoms with Crippen LogP contribution in [0.5, 0.6) is 0 Å². The van der Waals surface area contributed by atoms with E-state index in [-0.39, 0.29) is 24.3 Å². The summed E-state index contributed by atoms with van der Waals surface area (Å²) >= 11 is 0. The molecule has 2 aliphatic rings. The summed E-state index contributed by atoms with van der Waals surface area (Å²) in [6, 6.07) is 7.81. The SMILES string of the molecule is CC#CCN1C(=O)C(C(O)C(C)C)NC(=O)C12CCN(Cc1ccc(C(C)C)cc1)CC2. The molecular formula is C26H37N3O3. The largest absolute Gasteiger partial charge is 0.390 e. The van der Waals surface area contributed by atoms with E-state index < -0.39 is 17.7 Å². The van der Waals surface area contributed by atoms with Gasteiger partial charge in [-0.1, -0.05) is 57.9 Å². The number of nitrogens with zero attached hydrogens (tertiary/aromatic N) is 2. The number of benzene rings is 1. The van der Waals surface area contributed by atoms with E-state index >= 15 is 0 Å². The molecular weight excluding hydrogens is 402 g/mol. The fourth-order valence-electron chi connectivity index (χ4n) is 4.69. The van der Waals surface area contributed by atoms with Crippen molar-refractivity contribution in [3.05, 3.63) is 35.4 Å². The second-order valence-electron chi connectivity index (χ2n) is 9.74. The smallest absolute Gasteiger partial charge is 0.249 e. The van der Waals surface area contributed by atoms with E-state index in [0.717, 1.165) is 19.6 Å². The van der Waals surface area contributed by atoms with E-state index in [2.05, 4.69) is 60.2 Å². The molecule has 6 nitrogen and oxygen atoms in total. The molecule has 2 heterocycles. The summed E-state index contributed by atoms with van der Waals surface area (Å²) in [7, 11) is 0. The Labute approximate surface area is 192 Å². The summed E-state index contributed by atoms with van der Waals surface area (Å²) in [5, 5.41) is 13.4. The Kier molecular flexibility index (Phi) is 7.63. The first-order valence-corrected chi connectivity index (χ1v) is 11.7. The summed E-state index contributed by atoms with van der Waals surface area (Å²) in [5.74, 6) is 5.80. The van der Waals surface area contributed by atoms with Gasteiger partial charge in [-0.25, -0.2) is 0 Å². The summed E-state index contributed by atoms with van der Waals surface area (Å²) < 4.78 is 0. The highest BCUT2D eigenvalue weighted by Crippen LogP contribution is 2.34. The average molecular weight is 440 g/mol. The van der Waals surface area contributed by atoms with Crippen LogP contribution in [0.2, 0.25) is 0 Å². The number of piperidine rings is 1.